The number of anilines is 1. The number of rotatable bonds is 10. The van der Waals surface area contributed by atoms with Gasteiger partial charge in [-0.05, 0) is 44.0 Å². The van der Waals surface area contributed by atoms with Gasteiger partial charge in [0.05, 0.1) is 42.4 Å². The topological polar surface area (TPSA) is 89.2 Å². The number of nitrogens with zero attached hydrogens (tertiary/aromatic N) is 7. The molecule has 2 aromatic heterocycles. The average Bonchev–Trinajstić information content (AvgIpc) is 3.38. The Morgan fingerprint density at radius 2 is 2.09 bits per heavy atom. The first-order chi connectivity index (χ1) is 15.9. The summed E-state index contributed by atoms with van der Waals surface area (Å²) in [5.41, 5.74) is 2.26. The molecule has 1 aliphatic carbocycles. The van der Waals surface area contributed by atoms with Gasteiger partial charge in [-0.15, -0.1) is 5.10 Å². The van der Waals surface area contributed by atoms with Crippen LogP contribution in [0.25, 0.3) is 5.69 Å². The predicted octanol–water partition coefficient (Wildman–Crippen LogP) is 3.20. The van der Waals surface area contributed by atoms with E-state index in [0.29, 0.717) is 28.9 Å². The molecule has 0 N–H and O–H groups in total. The summed E-state index contributed by atoms with van der Waals surface area (Å²) >= 11 is 12.1. The van der Waals surface area contributed by atoms with E-state index in [2.05, 4.69) is 15.4 Å². The first-order valence-corrected chi connectivity index (χ1v) is 11.5. The molecule has 4 rings (SSSR count). The van der Waals surface area contributed by atoms with E-state index in [4.69, 9.17) is 23.2 Å². The van der Waals surface area contributed by atoms with Crippen LogP contribution < -0.4 is 4.90 Å². The third kappa shape index (κ3) is 5.54. The number of aromatic nitrogens is 5. The van der Waals surface area contributed by atoms with Crippen molar-refractivity contribution >= 4 is 41.1 Å². The van der Waals surface area contributed by atoms with Gasteiger partial charge < -0.3 is 14.6 Å². The molecule has 1 fully saturated rings. The van der Waals surface area contributed by atoms with Crippen molar-refractivity contribution in [1.29, 1.82) is 0 Å². The summed E-state index contributed by atoms with van der Waals surface area (Å²) in [6, 6.07) is 7.55. The predicted molar refractivity (Wildman–Crippen MR) is 126 cm³/mol. The Morgan fingerprint density at radius 3 is 2.76 bits per heavy atom. The van der Waals surface area contributed by atoms with Crippen LogP contribution in [0.15, 0.2) is 36.7 Å². The number of likely N-dealkylation sites (N-methyl/N-ethyl adjacent to an activating group) is 1. The Labute approximate surface area is 201 Å². The molecule has 0 radical (unpaired) electrons. The number of halogens is 2. The lowest BCUT2D eigenvalue weighted by molar-refractivity contribution is -0.133. The van der Waals surface area contributed by atoms with Crippen molar-refractivity contribution in [3.63, 3.8) is 0 Å². The zero-order valence-corrected chi connectivity index (χ0v) is 19.9. The Kier molecular flexibility index (Phi) is 6.99. The molecule has 0 spiro atoms. The zero-order valence-electron chi connectivity index (χ0n) is 18.4. The van der Waals surface area contributed by atoms with Crippen molar-refractivity contribution in [3.8, 4) is 5.69 Å². The van der Waals surface area contributed by atoms with Crippen molar-refractivity contribution in [1.82, 2.24) is 29.7 Å². The molecular weight excluding hydrogens is 465 g/mol. The molecule has 0 aliphatic heterocycles. The molecule has 0 bridgehead atoms. The second kappa shape index (κ2) is 9.93. The van der Waals surface area contributed by atoms with Gasteiger partial charge in [0.1, 0.15) is 6.29 Å². The summed E-state index contributed by atoms with van der Waals surface area (Å²) < 4.78 is 3.51. The highest BCUT2D eigenvalue weighted by Gasteiger charge is 2.26. The number of benzene rings is 1. The largest absolute Gasteiger partial charge is 0.363 e. The smallest absolute Gasteiger partial charge is 0.242 e. The van der Waals surface area contributed by atoms with Crippen LogP contribution in [0, 0.1) is 0 Å². The summed E-state index contributed by atoms with van der Waals surface area (Å²) in [6.07, 6.45) is 7.19. The standard InChI is InChI=1S/C22H25Cl2N7O2/c1-15(11-17-7-8-30(26-17)18-4-5-18)29(9-10-32)22(33)14-28(2)20-12-16(23)3-6-19(20)31-13-21(24)25-27-31/h3,6-8,10,12-13,15,18H,4-5,9,11,14H2,1-2H3. The average molecular weight is 490 g/mol. The van der Waals surface area contributed by atoms with Gasteiger partial charge in [-0.2, -0.15) is 5.10 Å². The van der Waals surface area contributed by atoms with Crippen molar-refractivity contribution in [2.24, 2.45) is 0 Å². The van der Waals surface area contributed by atoms with E-state index < -0.39 is 0 Å². The number of carbonyl (C=O) groups excluding carboxylic acids is 2. The van der Waals surface area contributed by atoms with E-state index in [1.165, 1.54) is 4.68 Å². The third-order valence-corrected chi connectivity index (χ3v) is 6.05. The van der Waals surface area contributed by atoms with E-state index in [-0.39, 0.29) is 30.2 Å². The van der Waals surface area contributed by atoms with E-state index in [9.17, 15) is 9.59 Å². The van der Waals surface area contributed by atoms with Gasteiger partial charge in [-0.25, -0.2) is 4.68 Å². The highest BCUT2D eigenvalue weighted by atomic mass is 35.5. The normalized spacial score (nSPS) is 14.2. The minimum atomic E-state index is -0.188. The summed E-state index contributed by atoms with van der Waals surface area (Å²) in [5.74, 6) is -0.179. The zero-order chi connectivity index (χ0) is 23.5. The lowest BCUT2D eigenvalue weighted by Gasteiger charge is -2.30. The molecule has 1 unspecified atom stereocenters. The van der Waals surface area contributed by atoms with Crippen LogP contribution >= 0.6 is 23.2 Å². The maximum Gasteiger partial charge on any atom is 0.242 e. The van der Waals surface area contributed by atoms with Crippen LogP contribution in [0.3, 0.4) is 0 Å². The van der Waals surface area contributed by atoms with Crippen LogP contribution in [0.1, 0.15) is 31.5 Å². The number of hydrogen-bond acceptors (Lipinski definition) is 6. The summed E-state index contributed by atoms with van der Waals surface area (Å²) in [5, 5.41) is 13.2. The van der Waals surface area contributed by atoms with Gasteiger partial charge in [0.2, 0.25) is 5.91 Å². The maximum absolute atomic E-state index is 13.2. The monoisotopic (exact) mass is 489 g/mol. The molecule has 11 heteroatoms. The molecule has 1 aliphatic rings. The first kappa shape index (κ1) is 23.3. The molecule has 174 valence electrons. The van der Waals surface area contributed by atoms with Gasteiger partial charge in [-0.3, -0.25) is 9.48 Å². The molecular formula is C22H25Cl2N7O2. The SMILES string of the molecule is CC(Cc1ccn(C2CC2)n1)N(CC=O)C(=O)CN(C)c1cc(Cl)ccc1-n1cc(Cl)nn1. The van der Waals surface area contributed by atoms with Gasteiger partial charge >= 0.3 is 0 Å². The second-order valence-corrected chi connectivity index (χ2v) is 9.08. The van der Waals surface area contributed by atoms with Crippen LogP contribution in [0.4, 0.5) is 5.69 Å². The number of amides is 1. The fraction of sp³-hybridized carbons (Fsp3) is 0.409. The van der Waals surface area contributed by atoms with Crippen LogP contribution in [-0.4, -0.2) is 68.0 Å². The molecule has 2 heterocycles. The minimum absolute atomic E-state index is 0.0122. The molecule has 33 heavy (non-hydrogen) atoms. The second-order valence-electron chi connectivity index (χ2n) is 8.26. The van der Waals surface area contributed by atoms with E-state index in [1.54, 1.807) is 41.2 Å². The van der Waals surface area contributed by atoms with Gasteiger partial charge in [0.25, 0.3) is 0 Å². The lowest BCUT2D eigenvalue weighted by atomic mass is 10.1. The maximum atomic E-state index is 13.2. The summed E-state index contributed by atoms with van der Waals surface area (Å²) in [6.45, 7) is 1.99. The third-order valence-electron chi connectivity index (χ3n) is 5.65. The lowest BCUT2D eigenvalue weighted by Crippen LogP contribution is -2.45. The Bertz CT molecular complexity index is 1140. The molecule has 3 aromatic rings. The highest BCUT2D eigenvalue weighted by molar-refractivity contribution is 6.31. The molecule has 9 nitrogen and oxygen atoms in total. The number of carbonyl (C=O) groups is 2. The van der Waals surface area contributed by atoms with Crippen molar-refractivity contribution < 1.29 is 9.59 Å². The fourth-order valence-electron chi connectivity index (χ4n) is 3.79. The van der Waals surface area contributed by atoms with Gasteiger partial charge in [0, 0.05) is 30.7 Å². The summed E-state index contributed by atoms with van der Waals surface area (Å²) in [7, 11) is 1.78. The van der Waals surface area contributed by atoms with Crippen molar-refractivity contribution in [2.75, 3.05) is 25.0 Å². The molecule has 0 saturated heterocycles. The Balaban J connectivity index is 1.48. The number of aldehydes is 1. The molecule has 1 aromatic carbocycles. The molecule has 1 saturated carbocycles. The summed E-state index contributed by atoms with van der Waals surface area (Å²) in [4.78, 5) is 27.9. The van der Waals surface area contributed by atoms with E-state index in [0.717, 1.165) is 24.8 Å². The van der Waals surface area contributed by atoms with Crippen LogP contribution in [0.5, 0.6) is 0 Å². The molecule has 1 amide bonds. The van der Waals surface area contributed by atoms with Gasteiger partial charge in [0.15, 0.2) is 5.15 Å². The fourth-order valence-corrected chi connectivity index (χ4v) is 4.08. The van der Waals surface area contributed by atoms with Crippen LogP contribution in [0.2, 0.25) is 10.2 Å². The van der Waals surface area contributed by atoms with Crippen LogP contribution in [-0.2, 0) is 16.0 Å². The van der Waals surface area contributed by atoms with Crippen molar-refractivity contribution in [3.05, 3.63) is 52.5 Å². The van der Waals surface area contributed by atoms with E-state index in [1.807, 2.05) is 23.9 Å². The molecule has 1 atom stereocenters. The quantitative estimate of drug-likeness (QED) is 0.406. The minimum Gasteiger partial charge on any atom is -0.363 e. The Hall–Kier alpha value is -2.91. The van der Waals surface area contributed by atoms with Gasteiger partial charge in [-0.1, -0.05) is 28.4 Å². The number of hydrogen-bond donors (Lipinski definition) is 0. The Morgan fingerprint density at radius 1 is 1.30 bits per heavy atom. The highest BCUT2D eigenvalue weighted by Crippen LogP contribution is 2.34. The van der Waals surface area contributed by atoms with E-state index >= 15 is 0 Å². The first-order valence-electron chi connectivity index (χ1n) is 10.7. The van der Waals surface area contributed by atoms with Crippen molar-refractivity contribution in [2.45, 2.75) is 38.3 Å².